The Bertz CT molecular complexity index is 800. The molecule has 2 N–H and O–H groups in total. The Hall–Kier alpha value is -2.47. The Morgan fingerprint density at radius 1 is 1.25 bits per heavy atom. The number of fused-ring (bicyclic) bond motifs is 1. The van der Waals surface area contributed by atoms with E-state index >= 15 is 0 Å². The van der Waals surface area contributed by atoms with Crippen molar-refractivity contribution in [2.24, 2.45) is 0 Å². The Balaban J connectivity index is 1.99. The number of rotatable bonds is 7. The number of hydrogen-bond donors (Lipinski definition) is 2. The van der Waals surface area contributed by atoms with E-state index in [1.807, 2.05) is 37.4 Å². The summed E-state index contributed by atoms with van der Waals surface area (Å²) >= 11 is 0. The van der Waals surface area contributed by atoms with Crippen LogP contribution in [0.25, 0.3) is 11.0 Å². The van der Waals surface area contributed by atoms with E-state index in [-0.39, 0.29) is 12.6 Å². The lowest BCUT2D eigenvalue weighted by Crippen LogP contribution is -2.24. The monoisotopic (exact) mass is 325 g/mol. The highest BCUT2D eigenvalue weighted by Gasteiger charge is 2.15. The van der Waals surface area contributed by atoms with Crippen LogP contribution in [-0.2, 0) is 6.54 Å². The van der Waals surface area contributed by atoms with Gasteiger partial charge in [0.2, 0.25) is 0 Å². The van der Waals surface area contributed by atoms with E-state index in [4.69, 9.17) is 0 Å². The fraction of sp³-hybridized carbons (Fsp3) is 0.389. The fourth-order valence-electron chi connectivity index (χ4n) is 2.87. The molecule has 0 saturated heterocycles. The summed E-state index contributed by atoms with van der Waals surface area (Å²) in [6, 6.07) is 7.88. The molecular formula is C18H23N5O. The lowest BCUT2D eigenvalue weighted by molar-refractivity contribution is 0.268. The molecule has 0 spiro atoms. The summed E-state index contributed by atoms with van der Waals surface area (Å²) in [5, 5.41) is 13.0. The zero-order valence-electron chi connectivity index (χ0n) is 14.1. The minimum Gasteiger partial charge on any atom is -0.394 e. The number of anilines is 1. The van der Waals surface area contributed by atoms with Crippen molar-refractivity contribution in [1.29, 1.82) is 0 Å². The first kappa shape index (κ1) is 16.4. The van der Waals surface area contributed by atoms with Gasteiger partial charge in [0.05, 0.1) is 30.4 Å². The molecule has 0 bridgehead atoms. The summed E-state index contributed by atoms with van der Waals surface area (Å²) in [6.45, 7) is 4.73. The normalized spacial score (nSPS) is 12.5. The second-order valence-electron chi connectivity index (χ2n) is 5.93. The first-order valence-electron chi connectivity index (χ1n) is 8.32. The second-order valence-corrected chi connectivity index (χ2v) is 5.93. The summed E-state index contributed by atoms with van der Waals surface area (Å²) < 4.78 is 2.10. The highest BCUT2D eigenvalue weighted by Crippen LogP contribution is 2.23. The number of pyridine rings is 1. The third-order valence-electron chi connectivity index (χ3n) is 3.98. The molecule has 0 radical (unpaired) electrons. The standard InChI is InChI=1S/C18H23N5O/c1-3-6-15(12-24)22-18-17-16(20-13(2)21-18)8-10-23(17)11-14-7-4-5-9-19-14/h4-5,7-10,15,24H,3,6,11-12H2,1-2H3,(H,20,21,22). The zero-order chi connectivity index (χ0) is 16.9. The van der Waals surface area contributed by atoms with Crippen LogP contribution in [0.1, 0.15) is 31.3 Å². The van der Waals surface area contributed by atoms with Crippen molar-refractivity contribution in [2.45, 2.75) is 39.3 Å². The maximum Gasteiger partial charge on any atom is 0.154 e. The smallest absolute Gasteiger partial charge is 0.154 e. The Labute approximate surface area is 141 Å². The summed E-state index contributed by atoms with van der Waals surface area (Å²) in [5.74, 6) is 1.49. The van der Waals surface area contributed by atoms with Gasteiger partial charge in [-0.1, -0.05) is 19.4 Å². The summed E-state index contributed by atoms with van der Waals surface area (Å²) in [5.41, 5.74) is 2.82. The number of aromatic nitrogens is 4. The number of nitrogens with zero attached hydrogens (tertiary/aromatic N) is 4. The maximum atomic E-state index is 9.59. The summed E-state index contributed by atoms with van der Waals surface area (Å²) in [6.07, 6.45) is 5.69. The molecule has 0 aliphatic rings. The van der Waals surface area contributed by atoms with Crippen LogP contribution < -0.4 is 5.32 Å². The molecule has 3 aromatic rings. The van der Waals surface area contributed by atoms with Crippen molar-refractivity contribution in [2.75, 3.05) is 11.9 Å². The molecule has 0 aromatic carbocycles. The second kappa shape index (κ2) is 7.40. The SMILES string of the molecule is CCCC(CO)Nc1nc(C)nc2ccn(Cc3ccccn3)c12. The third kappa shape index (κ3) is 3.54. The van der Waals surface area contributed by atoms with Crippen LogP contribution >= 0.6 is 0 Å². The van der Waals surface area contributed by atoms with Crippen LogP contribution in [0.2, 0.25) is 0 Å². The predicted molar refractivity (Wildman–Crippen MR) is 95.0 cm³/mol. The van der Waals surface area contributed by atoms with Crippen molar-refractivity contribution in [1.82, 2.24) is 19.5 Å². The van der Waals surface area contributed by atoms with Crippen LogP contribution in [0, 0.1) is 6.92 Å². The molecule has 0 fully saturated rings. The van der Waals surface area contributed by atoms with Gasteiger partial charge in [-0.2, -0.15) is 0 Å². The van der Waals surface area contributed by atoms with Crippen LogP contribution in [0.15, 0.2) is 36.7 Å². The molecule has 3 aromatic heterocycles. The average Bonchev–Trinajstić information content (AvgIpc) is 2.98. The van der Waals surface area contributed by atoms with Crippen molar-refractivity contribution < 1.29 is 5.11 Å². The molecule has 0 amide bonds. The number of nitrogens with one attached hydrogen (secondary N) is 1. The van der Waals surface area contributed by atoms with E-state index in [1.165, 1.54) is 0 Å². The lowest BCUT2D eigenvalue weighted by Gasteiger charge is -2.18. The lowest BCUT2D eigenvalue weighted by atomic mass is 10.2. The molecule has 0 aliphatic heterocycles. The van der Waals surface area contributed by atoms with E-state index < -0.39 is 0 Å². The van der Waals surface area contributed by atoms with Crippen molar-refractivity contribution in [3.8, 4) is 0 Å². The largest absolute Gasteiger partial charge is 0.394 e. The predicted octanol–water partition coefficient (Wildman–Crippen LogP) is 2.76. The molecule has 3 rings (SSSR count). The number of aliphatic hydroxyl groups excluding tert-OH is 1. The van der Waals surface area contributed by atoms with E-state index in [1.54, 1.807) is 6.20 Å². The number of aryl methyl sites for hydroxylation is 1. The number of aliphatic hydroxyl groups is 1. The van der Waals surface area contributed by atoms with Crippen LogP contribution in [0.5, 0.6) is 0 Å². The van der Waals surface area contributed by atoms with Gasteiger partial charge in [0.1, 0.15) is 11.3 Å². The van der Waals surface area contributed by atoms with Crippen molar-refractivity contribution in [3.63, 3.8) is 0 Å². The third-order valence-corrected chi connectivity index (χ3v) is 3.98. The molecule has 1 atom stereocenters. The molecule has 6 heteroatoms. The minimum atomic E-state index is -0.00861. The molecule has 6 nitrogen and oxygen atoms in total. The molecule has 126 valence electrons. The highest BCUT2D eigenvalue weighted by molar-refractivity contribution is 5.86. The van der Waals surface area contributed by atoms with Gasteiger partial charge >= 0.3 is 0 Å². The van der Waals surface area contributed by atoms with Gasteiger partial charge < -0.3 is 15.0 Å². The van der Waals surface area contributed by atoms with Gasteiger partial charge in [-0.15, -0.1) is 0 Å². The Morgan fingerprint density at radius 2 is 2.12 bits per heavy atom. The Morgan fingerprint density at radius 3 is 2.83 bits per heavy atom. The van der Waals surface area contributed by atoms with Gasteiger partial charge in [-0.25, -0.2) is 9.97 Å². The first-order valence-corrected chi connectivity index (χ1v) is 8.32. The van der Waals surface area contributed by atoms with Crippen LogP contribution in [0.4, 0.5) is 5.82 Å². The van der Waals surface area contributed by atoms with Crippen molar-refractivity contribution >= 4 is 16.9 Å². The topological polar surface area (TPSA) is 75.9 Å². The van der Waals surface area contributed by atoms with E-state index in [9.17, 15) is 5.11 Å². The summed E-state index contributed by atoms with van der Waals surface area (Å²) in [7, 11) is 0. The van der Waals surface area contributed by atoms with Crippen LogP contribution in [-0.4, -0.2) is 37.3 Å². The summed E-state index contributed by atoms with van der Waals surface area (Å²) in [4.78, 5) is 13.5. The van der Waals surface area contributed by atoms with E-state index in [2.05, 4.69) is 31.8 Å². The molecule has 0 aliphatic carbocycles. The molecule has 3 heterocycles. The minimum absolute atomic E-state index is 0.00861. The molecule has 0 saturated carbocycles. The Kier molecular flexibility index (Phi) is 5.05. The van der Waals surface area contributed by atoms with Gasteiger partial charge in [0, 0.05) is 12.4 Å². The highest BCUT2D eigenvalue weighted by atomic mass is 16.3. The van der Waals surface area contributed by atoms with Gasteiger partial charge in [-0.3, -0.25) is 4.98 Å². The average molecular weight is 325 g/mol. The zero-order valence-corrected chi connectivity index (χ0v) is 14.1. The molecular weight excluding hydrogens is 302 g/mol. The fourth-order valence-corrected chi connectivity index (χ4v) is 2.87. The van der Waals surface area contributed by atoms with Gasteiger partial charge in [-0.05, 0) is 31.5 Å². The van der Waals surface area contributed by atoms with Crippen LogP contribution in [0.3, 0.4) is 0 Å². The maximum absolute atomic E-state index is 9.59. The van der Waals surface area contributed by atoms with Gasteiger partial charge in [0.25, 0.3) is 0 Å². The number of hydrogen-bond acceptors (Lipinski definition) is 5. The first-order chi connectivity index (χ1) is 11.7. The van der Waals surface area contributed by atoms with Crippen molar-refractivity contribution in [3.05, 3.63) is 48.2 Å². The van der Waals surface area contributed by atoms with E-state index in [0.717, 1.165) is 35.4 Å². The molecule has 24 heavy (non-hydrogen) atoms. The van der Waals surface area contributed by atoms with Gasteiger partial charge in [0.15, 0.2) is 5.82 Å². The quantitative estimate of drug-likeness (QED) is 0.698. The molecule has 1 unspecified atom stereocenters. The van der Waals surface area contributed by atoms with E-state index in [0.29, 0.717) is 12.4 Å².